The third-order valence-electron chi connectivity index (χ3n) is 4.08. The SMILES string of the molecule is Cc1cccc(CCC(=O)NC2(CN)CCCC2)c1. The molecule has 0 aliphatic heterocycles. The molecule has 0 unspecified atom stereocenters. The van der Waals surface area contributed by atoms with Crippen LogP contribution in [0.4, 0.5) is 0 Å². The highest BCUT2D eigenvalue weighted by molar-refractivity contribution is 5.77. The minimum atomic E-state index is -0.121. The van der Waals surface area contributed by atoms with Gasteiger partial charge >= 0.3 is 0 Å². The standard InChI is InChI=1S/C16H24N2O/c1-13-5-4-6-14(11-13)7-8-15(19)18-16(12-17)9-2-3-10-16/h4-6,11H,2-3,7-10,12,17H2,1H3,(H,18,19). The maximum absolute atomic E-state index is 12.1. The van der Waals surface area contributed by atoms with E-state index in [0.29, 0.717) is 13.0 Å². The van der Waals surface area contributed by atoms with E-state index in [4.69, 9.17) is 5.73 Å². The molecule has 0 spiro atoms. The molecule has 0 bridgehead atoms. The molecule has 1 aliphatic carbocycles. The first-order chi connectivity index (χ1) is 9.13. The van der Waals surface area contributed by atoms with Crippen molar-refractivity contribution in [3.05, 3.63) is 35.4 Å². The van der Waals surface area contributed by atoms with Gasteiger partial charge in [0.2, 0.25) is 5.91 Å². The van der Waals surface area contributed by atoms with Gasteiger partial charge in [0.25, 0.3) is 0 Å². The molecule has 19 heavy (non-hydrogen) atoms. The first-order valence-electron chi connectivity index (χ1n) is 7.20. The van der Waals surface area contributed by atoms with E-state index < -0.39 is 0 Å². The second kappa shape index (κ2) is 6.20. The molecule has 3 N–H and O–H groups in total. The Labute approximate surface area is 115 Å². The second-order valence-electron chi connectivity index (χ2n) is 5.73. The third-order valence-corrected chi connectivity index (χ3v) is 4.08. The number of carbonyl (C=O) groups is 1. The zero-order valence-corrected chi connectivity index (χ0v) is 11.7. The Morgan fingerprint density at radius 3 is 2.74 bits per heavy atom. The van der Waals surface area contributed by atoms with Crippen LogP contribution >= 0.6 is 0 Å². The lowest BCUT2D eigenvalue weighted by Gasteiger charge is -2.28. The van der Waals surface area contributed by atoms with Crippen molar-refractivity contribution in [2.75, 3.05) is 6.54 Å². The van der Waals surface area contributed by atoms with Crippen LogP contribution in [0, 0.1) is 6.92 Å². The molecule has 2 rings (SSSR count). The normalized spacial score (nSPS) is 17.4. The maximum atomic E-state index is 12.1. The lowest BCUT2D eigenvalue weighted by Crippen LogP contribution is -2.51. The van der Waals surface area contributed by atoms with Crippen molar-refractivity contribution in [3.8, 4) is 0 Å². The van der Waals surface area contributed by atoms with Crippen LogP contribution in [0.5, 0.6) is 0 Å². The van der Waals surface area contributed by atoms with E-state index in [1.807, 2.05) is 6.07 Å². The van der Waals surface area contributed by atoms with Crippen molar-refractivity contribution in [1.29, 1.82) is 0 Å². The summed E-state index contributed by atoms with van der Waals surface area (Å²) in [6.45, 7) is 2.63. The summed E-state index contributed by atoms with van der Waals surface area (Å²) in [5.41, 5.74) is 8.18. The number of rotatable bonds is 5. The Morgan fingerprint density at radius 2 is 2.11 bits per heavy atom. The number of hydrogen-bond donors (Lipinski definition) is 2. The van der Waals surface area contributed by atoms with Crippen LogP contribution in [-0.2, 0) is 11.2 Å². The Morgan fingerprint density at radius 1 is 1.37 bits per heavy atom. The number of hydrogen-bond acceptors (Lipinski definition) is 2. The molecule has 0 saturated heterocycles. The molecular weight excluding hydrogens is 236 g/mol. The summed E-state index contributed by atoms with van der Waals surface area (Å²) >= 11 is 0. The number of carbonyl (C=O) groups excluding carboxylic acids is 1. The van der Waals surface area contributed by atoms with Crippen molar-refractivity contribution in [2.45, 2.75) is 51.0 Å². The van der Waals surface area contributed by atoms with Gasteiger partial charge in [-0.05, 0) is 31.7 Å². The average Bonchev–Trinajstić information content (AvgIpc) is 2.86. The highest BCUT2D eigenvalue weighted by Gasteiger charge is 2.33. The first-order valence-corrected chi connectivity index (χ1v) is 7.20. The fraction of sp³-hybridized carbons (Fsp3) is 0.562. The largest absolute Gasteiger partial charge is 0.349 e. The molecule has 1 saturated carbocycles. The van der Waals surface area contributed by atoms with Crippen LogP contribution in [0.3, 0.4) is 0 Å². The van der Waals surface area contributed by atoms with Gasteiger partial charge in [0.05, 0.1) is 5.54 Å². The highest BCUT2D eigenvalue weighted by Crippen LogP contribution is 2.28. The van der Waals surface area contributed by atoms with Crippen LogP contribution in [0.25, 0.3) is 0 Å². The van der Waals surface area contributed by atoms with Gasteiger partial charge in [0.1, 0.15) is 0 Å². The zero-order valence-electron chi connectivity index (χ0n) is 11.7. The molecule has 0 aromatic heterocycles. The Balaban J connectivity index is 1.84. The minimum absolute atomic E-state index is 0.121. The van der Waals surface area contributed by atoms with Gasteiger partial charge in [-0.3, -0.25) is 4.79 Å². The van der Waals surface area contributed by atoms with E-state index in [-0.39, 0.29) is 11.4 Å². The smallest absolute Gasteiger partial charge is 0.220 e. The maximum Gasteiger partial charge on any atom is 0.220 e. The fourth-order valence-corrected chi connectivity index (χ4v) is 2.92. The zero-order chi connectivity index (χ0) is 13.7. The van der Waals surface area contributed by atoms with Crippen molar-refractivity contribution in [3.63, 3.8) is 0 Å². The minimum Gasteiger partial charge on any atom is -0.349 e. The summed E-state index contributed by atoms with van der Waals surface area (Å²) in [5, 5.41) is 3.16. The van der Waals surface area contributed by atoms with Crippen LogP contribution in [-0.4, -0.2) is 18.0 Å². The molecule has 3 heteroatoms. The molecular formula is C16H24N2O. The van der Waals surface area contributed by atoms with E-state index in [0.717, 1.165) is 19.3 Å². The van der Waals surface area contributed by atoms with Gasteiger partial charge < -0.3 is 11.1 Å². The van der Waals surface area contributed by atoms with E-state index >= 15 is 0 Å². The molecule has 1 fully saturated rings. The van der Waals surface area contributed by atoms with Gasteiger partial charge in [0.15, 0.2) is 0 Å². The van der Waals surface area contributed by atoms with Crippen LogP contribution in [0.15, 0.2) is 24.3 Å². The summed E-state index contributed by atoms with van der Waals surface area (Å²) in [6.07, 6.45) is 5.75. The monoisotopic (exact) mass is 260 g/mol. The molecule has 1 amide bonds. The first kappa shape index (κ1) is 14.1. The predicted octanol–water partition coefficient (Wildman–Crippen LogP) is 2.32. The topological polar surface area (TPSA) is 55.1 Å². The molecule has 0 atom stereocenters. The Bertz CT molecular complexity index is 436. The summed E-state index contributed by atoms with van der Waals surface area (Å²) in [7, 11) is 0. The molecule has 1 aromatic rings. The predicted molar refractivity (Wildman–Crippen MR) is 77.9 cm³/mol. The number of amides is 1. The number of nitrogens with two attached hydrogens (primary N) is 1. The van der Waals surface area contributed by atoms with Crippen molar-refractivity contribution in [1.82, 2.24) is 5.32 Å². The van der Waals surface area contributed by atoms with Gasteiger partial charge in [-0.1, -0.05) is 42.7 Å². The lowest BCUT2D eigenvalue weighted by atomic mass is 9.97. The van der Waals surface area contributed by atoms with Gasteiger partial charge in [-0.2, -0.15) is 0 Å². The molecule has 0 radical (unpaired) electrons. The number of nitrogens with one attached hydrogen (secondary N) is 1. The fourth-order valence-electron chi connectivity index (χ4n) is 2.92. The number of aryl methyl sites for hydroxylation is 2. The lowest BCUT2D eigenvalue weighted by molar-refractivity contribution is -0.122. The van der Waals surface area contributed by atoms with Gasteiger partial charge in [-0.25, -0.2) is 0 Å². The number of benzene rings is 1. The average molecular weight is 260 g/mol. The van der Waals surface area contributed by atoms with Crippen LogP contribution in [0.1, 0.15) is 43.2 Å². The summed E-state index contributed by atoms with van der Waals surface area (Å²) in [5.74, 6) is 0.133. The quantitative estimate of drug-likeness (QED) is 0.853. The molecule has 1 aromatic carbocycles. The summed E-state index contributed by atoms with van der Waals surface area (Å²) in [4.78, 5) is 12.1. The van der Waals surface area contributed by atoms with Crippen molar-refractivity contribution < 1.29 is 4.79 Å². The van der Waals surface area contributed by atoms with Crippen molar-refractivity contribution in [2.24, 2.45) is 5.73 Å². The third kappa shape index (κ3) is 3.80. The Hall–Kier alpha value is -1.35. The van der Waals surface area contributed by atoms with E-state index in [1.165, 1.54) is 24.0 Å². The van der Waals surface area contributed by atoms with E-state index in [9.17, 15) is 4.79 Å². The van der Waals surface area contributed by atoms with E-state index in [1.54, 1.807) is 0 Å². The molecule has 3 nitrogen and oxygen atoms in total. The highest BCUT2D eigenvalue weighted by atomic mass is 16.1. The van der Waals surface area contributed by atoms with Crippen LogP contribution < -0.4 is 11.1 Å². The van der Waals surface area contributed by atoms with Crippen molar-refractivity contribution >= 4 is 5.91 Å². The summed E-state index contributed by atoms with van der Waals surface area (Å²) in [6, 6.07) is 8.34. The molecule has 0 heterocycles. The molecule has 1 aliphatic rings. The van der Waals surface area contributed by atoms with Crippen LogP contribution in [0.2, 0.25) is 0 Å². The van der Waals surface area contributed by atoms with E-state index in [2.05, 4.69) is 30.4 Å². The van der Waals surface area contributed by atoms with Gasteiger partial charge in [-0.15, -0.1) is 0 Å². The molecule has 104 valence electrons. The van der Waals surface area contributed by atoms with Gasteiger partial charge in [0, 0.05) is 13.0 Å². The Kier molecular flexibility index (Phi) is 4.59. The summed E-state index contributed by atoms with van der Waals surface area (Å²) < 4.78 is 0. The second-order valence-corrected chi connectivity index (χ2v) is 5.73.